The van der Waals surface area contributed by atoms with Crippen molar-refractivity contribution < 1.29 is 9.53 Å². The van der Waals surface area contributed by atoms with Crippen LogP contribution in [0.4, 0.5) is 10.5 Å². The molecule has 2 N–H and O–H groups in total. The Morgan fingerprint density at radius 2 is 2.05 bits per heavy atom. The molecule has 4 nitrogen and oxygen atoms in total. The quantitative estimate of drug-likeness (QED) is 0.802. The number of nitrogen functional groups attached to an aromatic ring is 1. The first kappa shape index (κ1) is 14.7. The van der Waals surface area contributed by atoms with Crippen LogP contribution in [0.2, 0.25) is 0 Å². The second-order valence-corrected chi connectivity index (χ2v) is 6.33. The van der Waals surface area contributed by atoms with Crippen molar-refractivity contribution >= 4 is 11.8 Å². The first-order chi connectivity index (χ1) is 9.30. The maximum Gasteiger partial charge on any atom is 0.410 e. The van der Waals surface area contributed by atoms with Gasteiger partial charge in [-0.3, -0.25) is 0 Å². The van der Waals surface area contributed by atoms with Gasteiger partial charge < -0.3 is 15.4 Å². The number of ether oxygens (including phenoxy) is 1. The smallest absolute Gasteiger partial charge is 0.410 e. The highest BCUT2D eigenvalue weighted by Crippen LogP contribution is 2.26. The minimum absolute atomic E-state index is 0.238. The van der Waals surface area contributed by atoms with Crippen molar-refractivity contribution in [3.8, 4) is 0 Å². The second-order valence-electron chi connectivity index (χ2n) is 6.33. The highest BCUT2D eigenvalue weighted by atomic mass is 16.6. The number of benzene rings is 1. The average molecular weight is 276 g/mol. The Hall–Kier alpha value is -1.71. The molecule has 1 aliphatic rings. The fourth-order valence-corrected chi connectivity index (χ4v) is 2.47. The normalized spacial score (nSPS) is 14.9. The van der Waals surface area contributed by atoms with E-state index in [1.807, 2.05) is 20.8 Å². The van der Waals surface area contributed by atoms with E-state index < -0.39 is 5.60 Å². The third kappa shape index (κ3) is 3.24. The molecule has 0 radical (unpaired) electrons. The lowest BCUT2D eigenvalue weighted by molar-refractivity contribution is 0.0224. The van der Waals surface area contributed by atoms with Crippen LogP contribution in [0.5, 0.6) is 0 Å². The molecule has 0 atom stereocenters. The lowest BCUT2D eigenvalue weighted by atomic mass is 9.95. The lowest BCUT2D eigenvalue weighted by Crippen LogP contribution is -2.40. The Kier molecular flexibility index (Phi) is 3.93. The van der Waals surface area contributed by atoms with Gasteiger partial charge in [-0.1, -0.05) is 13.0 Å². The van der Waals surface area contributed by atoms with E-state index in [0.29, 0.717) is 13.1 Å². The van der Waals surface area contributed by atoms with Crippen LogP contribution < -0.4 is 5.73 Å². The Morgan fingerprint density at radius 3 is 2.65 bits per heavy atom. The van der Waals surface area contributed by atoms with Gasteiger partial charge in [0.2, 0.25) is 0 Å². The number of amides is 1. The summed E-state index contributed by atoms with van der Waals surface area (Å²) in [6, 6.07) is 4.18. The van der Waals surface area contributed by atoms with Crippen molar-refractivity contribution in [1.82, 2.24) is 4.90 Å². The molecule has 20 heavy (non-hydrogen) atoms. The topological polar surface area (TPSA) is 55.6 Å². The van der Waals surface area contributed by atoms with Crippen LogP contribution in [0.25, 0.3) is 0 Å². The van der Waals surface area contributed by atoms with E-state index in [-0.39, 0.29) is 6.09 Å². The van der Waals surface area contributed by atoms with Crippen molar-refractivity contribution in [2.75, 3.05) is 12.3 Å². The summed E-state index contributed by atoms with van der Waals surface area (Å²) in [4.78, 5) is 13.9. The summed E-state index contributed by atoms with van der Waals surface area (Å²) in [5.41, 5.74) is 10.0. The zero-order chi connectivity index (χ0) is 14.9. The molecule has 2 rings (SSSR count). The summed E-state index contributed by atoms with van der Waals surface area (Å²) in [6.45, 7) is 9.05. The summed E-state index contributed by atoms with van der Waals surface area (Å²) >= 11 is 0. The minimum atomic E-state index is -0.451. The van der Waals surface area contributed by atoms with Crippen LogP contribution in [0.1, 0.15) is 44.4 Å². The first-order valence-electron chi connectivity index (χ1n) is 7.18. The highest BCUT2D eigenvalue weighted by Gasteiger charge is 2.26. The SMILES string of the molecule is CCc1cc2c(cc1N)CCN(C(=O)OC(C)(C)C)C2. The molecule has 0 aromatic heterocycles. The maximum atomic E-state index is 12.1. The molecule has 0 saturated carbocycles. The number of nitrogens with two attached hydrogens (primary N) is 1. The monoisotopic (exact) mass is 276 g/mol. The van der Waals surface area contributed by atoms with E-state index >= 15 is 0 Å². The standard InChI is InChI=1S/C16H24N2O2/c1-5-11-8-13-10-18(15(19)20-16(2,3)4)7-6-12(13)9-14(11)17/h8-9H,5-7,10,17H2,1-4H3. The van der Waals surface area contributed by atoms with Crippen molar-refractivity contribution in [3.63, 3.8) is 0 Å². The van der Waals surface area contributed by atoms with Gasteiger partial charge in [0.15, 0.2) is 0 Å². The van der Waals surface area contributed by atoms with Gasteiger partial charge in [0.25, 0.3) is 0 Å². The number of nitrogens with zero attached hydrogens (tertiary/aromatic N) is 1. The molecule has 1 aliphatic heterocycles. The number of aryl methyl sites for hydroxylation is 1. The fraction of sp³-hybridized carbons (Fsp3) is 0.562. The molecule has 0 fully saturated rings. The summed E-state index contributed by atoms with van der Waals surface area (Å²) in [5, 5.41) is 0. The van der Waals surface area contributed by atoms with E-state index in [0.717, 1.165) is 24.1 Å². The van der Waals surface area contributed by atoms with Crippen molar-refractivity contribution in [2.24, 2.45) is 0 Å². The van der Waals surface area contributed by atoms with Crippen LogP contribution in [0.3, 0.4) is 0 Å². The Morgan fingerprint density at radius 1 is 1.35 bits per heavy atom. The molecule has 0 aliphatic carbocycles. The number of carbonyl (C=O) groups is 1. The predicted octanol–water partition coefficient (Wildman–Crippen LogP) is 3.12. The zero-order valence-corrected chi connectivity index (χ0v) is 12.8. The second kappa shape index (κ2) is 5.35. The Bertz CT molecular complexity index is 518. The van der Waals surface area contributed by atoms with Gasteiger partial charge in [-0.05, 0) is 56.4 Å². The minimum Gasteiger partial charge on any atom is -0.444 e. The molecule has 1 heterocycles. The van der Waals surface area contributed by atoms with E-state index in [4.69, 9.17) is 10.5 Å². The Balaban J connectivity index is 2.16. The largest absolute Gasteiger partial charge is 0.444 e. The van der Waals surface area contributed by atoms with Crippen LogP contribution in [-0.2, 0) is 24.1 Å². The van der Waals surface area contributed by atoms with E-state index in [9.17, 15) is 4.79 Å². The Labute approximate surface area is 120 Å². The predicted molar refractivity (Wildman–Crippen MR) is 80.6 cm³/mol. The molecule has 1 aromatic carbocycles. The van der Waals surface area contributed by atoms with Gasteiger partial charge in [-0.15, -0.1) is 0 Å². The van der Waals surface area contributed by atoms with Crippen LogP contribution in [-0.4, -0.2) is 23.1 Å². The van der Waals surface area contributed by atoms with Gasteiger partial charge >= 0.3 is 6.09 Å². The first-order valence-corrected chi connectivity index (χ1v) is 7.18. The number of anilines is 1. The molecular weight excluding hydrogens is 252 g/mol. The van der Waals surface area contributed by atoms with Gasteiger partial charge in [-0.2, -0.15) is 0 Å². The number of rotatable bonds is 1. The molecule has 0 saturated heterocycles. The molecule has 0 bridgehead atoms. The van der Waals surface area contributed by atoms with Gasteiger partial charge in [-0.25, -0.2) is 4.79 Å². The van der Waals surface area contributed by atoms with Crippen molar-refractivity contribution in [1.29, 1.82) is 0 Å². The maximum absolute atomic E-state index is 12.1. The summed E-state index contributed by atoms with van der Waals surface area (Å²) < 4.78 is 5.43. The van der Waals surface area contributed by atoms with Crippen molar-refractivity contribution in [3.05, 3.63) is 28.8 Å². The molecule has 0 unspecified atom stereocenters. The molecular formula is C16H24N2O2. The highest BCUT2D eigenvalue weighted by molar-refractivity contribution is 5.69. The summed E-state index contributed by atoms with van der Waals surface area (Å²) in [6.07, 6.45) is 1.51. The molecule has 110 valence electrons. The van der Waals surface area contributed by atoms with Crippen LogP contribution >= 0.6 is 0 Å². The molecule has 4 heteroatoms. The van der Waals surface area contributed by atoms with Crippen molar-refractivity contribution in [2.45, 2.75) is 52.7 Å². The van der Waals surface area contributed by atoms with E-state index in [2.05, 4.69) is 19.1 Å². The van der Waals surface area contributed by atoms with Gasteiger partial charge in [0.05, 0.1) is 0 Å². The fourth-order valence-electron chi connectivity index (χ4n) is 2.47. The summed E-state index contributed by atoms with van der Waals surface area (Å²) in [5.74, 6) is 0. The number of fused-ring (bicyclic) bond motifs is 1. The van der Waals surface area contributed by atoms with Crippen LogP contribution in [0, 0.1) is 0 Å². The average Bonchev–Trinajstić information content (AvgIpc) is 2.35. The molecule has 1 aromatic rings. The van der Waals surface area contributed by atoms with Gasteiger partial charge in [0.1, 0.15) is 5.60 Å². The lowest BCUT2D eigenvalue weighted by Gasteiger charge is -2.31. The number of hydrogen-bond acceptors (Lipinski definition) is 3. The molecule has 0 spiro atoms. The number of hydrogen-bond donors (Lipinski definition) is 1. The zero-order valence-electron chi connectivity index (χ0n) is 12.8. The third-order valence-electron chi connectivity index (χ3n) is 3.51. The third-order valence-corrected chi connectivity index (χ3v) is 3.51. The summed E-state index contributed by atoms with van der Waals surface area (Å²) in [7, 11) is 0. The number of carbonyl (C=O) groups excluding carboxylic acids is 1. The van der Waals surface area contributed by atoms with Crippen LogP contribution in [0.15, 0.2) is 12.1 Å². The van der Waals surface area contributed by atoms with E-state index in [1.165, 1.54) is 11.1 Å². The molecule has 1 amide bonds. The van der Waals surface area contributed by atoms with E-state index in [1.54, 1.807) is 4.90 Å². The van der Waals surface area contributed by atoms with Gasteiger partial charge in [0, 0.05) is 18.8 Å².